The number of ether oxygens (including phenoxy) is 1. The topological polar surface area (TPSA) is 86.3 Å². The molecule has 0 N–H and O–H groups in total. The minimum Gasteiger partial charge on any atom is -0.468 e. The number of carbonyl (C=O) groups is 1. The first kappa shape index (κ1) is 19.4. The van der Waals surface area contributed by atoms with Gasteiger partial charge in [-0.3, -0.25) is 9.63 Å². The van der Waals surface area contributed by atoms with Gasteiger partial charge in [0.1, 0.15) is 0 Å². The maximum Gasteiger partial charge on any atom is 0.327 e. The number of carbonyl (C=O) groups excluding carboxylic acids is 1. The fourth-order valence-electron chi connectivity index (χ4n) is 1.70. The third-order valence-corrected chi connectivity index (χ3v) is 2.89. The van der Waals surface area contributed by atoms with Crippen LogP contribution in [0.4, 0.5) is 0 Å². The van der Waals surface area contributed by atoms with Crippen molar-refractivity contribution in [2.24, 2.45) is 5.41 Å². The molecular formula is C15H25N3O3. The van der Waals surface area contributed by atoms with Crippen LogP contribution in [0.5, 0.6) is 0 Å². The molecule has 118 valence electrons. The normalized spacial score (nSPS) is 14.2. The van der Waals surface area contributed by atoms with Gasteiger partial charge in [-0.2, -0.15) is 15.6 Å². The average Bonchev–Trinajstić information content (AvgIpc) is 2.36. The van der Waals surface area contributed by atoms with Crippen LogP contribution in [0, 0.1) is 28.1 Å². The van der Waals surface area contributed by atoms with Crippen molar-refractivity contribution in [1.29, 1.82) is 10.5 Å². The molecule has 21 heavy (non-hydrogen) atoms. The highest BCUT2D eigenvalue weighted by Gasteiger charge is 2.47. The molecule has 0 bridgehead atoms. The van der Waals surface area contributed by atoms with E-state index < -0.39 is 28.6 Å². The van der Waals surface area contributed by atoms with Crippen LogP contribution in [-0.4, -0.2) is 35.3 Å². The molecule has 0 aromatic heterocycles. The predicted molar refractivity (Wildman–Crippen MR) is 77.6 cm³/mol. The maximum absolute atomic E-state index is 12.2. The number of hydrogen-bond acceptors (Lipinski definition) is 6. The molecule has 0 radical (unpaired) electrons. The van der Waals surface area contributed by atoms with Crippen LogP contribution in [0.15, 0.2) is 0 Å². The fraction of sp³-hybridized carbons (Fsp3) is 0.800. The summed E-state index contributed by atoms with van der Waals surface area (Å²) < 4.78 is 4.83. The van der Waals surface area contributed by atoms with E-state index in [-0.39, 0.29) is 0 Å². The Kier molecular flexibility index (Phi) is 5.93. The van der Waals surface area contributed by atoms with Crippen molar-refractivity contribution in [1.82, 2.24) is 5.06 Å². The molecule has 0 rings (SSSR count). The highest BCUT2D eigenvalue weighted by Crippen LogP contribution is 2.33. The first-order chi connectivity index (χ1) is 9.32. The van der Waals surface area contributed by atoms with E-state index in [1.54, 1.807) is 27.7 Å². The zero-order valence-corrected chi connectivity index (χ0v) is 14.1. The number of nitrogens with zero attached hydrogens (tertiary/aromatic N) is 3. The third-order valence-electron chi connectivity index (χ3n) is 2.89. The summed E-state index contributed by atoms with van der Waals surface area (Å²) in [4.78, 5) is 17.9. The van der Waals surface area contributed by atoms with Crippen LogP contribution < -0.4 is 0 Å². The van der Waals surface area contributed by atoms with Gasteiger partial charge in [0.25, 0.3) is 0 Å². The second-order valence-corrected chi connectivity index (χ2v) is 6.97. The number of hydrogen-bond donors (Lipinski definition) is 0. The minimum atomic E-state index is -1.13. The van der Waals surface area contributed by atoms with E-state index in [1.165, 1.54) is 12.2 Å². The molecule has 6 nitrogen and oxygen atoms in total. The SMILES string of the molecule is COC(=O)C(N(OC(C)(C)C#N)C(C)(C)C)C(C)(C)C#N. The monoisotopic (exact) mass is 295 g/mol. The largest absolute Gasteiger partial charge is 0.468 e. The first-order valence-corrected chi connectivity index (χ1v) is 6.71. The van der Waals surface area contributed by atoms with Crippen LogP contribution in [0.25, 0.3) is 0 Å². The third kappa shape index (κ3) is 5.00. The highest BCUT2D eigenvalue weighted by atomic mass is 16.7. The molecule has 0 saturated heterocycles. The molecule has 0 fully saturated rings. The molecule has 0 aromatic carbocycles. The lowest BCUT2D eigenvalue weighted by atomic mass is 9.84. The van der Waals surface area contributed by atoms with Gasteiger partial charge in [0, 0.05) is 5.54 Å². The number of rotatable bonds is 5. The lowest BCUT2D eigenvalue weighted by Crippen LogP contribution is -2.59. The standard InChI is InChI=1S/C15H25N3O3/c1-13(2,3)18(21-15(6,7)10-17)11(12(19)20-8)14(4,5)9-16/h11H,1-8H3. The molecule has 0 aliphatic carbocycles. The van der Waals surface area contributed by atoms with Gasteiger partial charge in [-0.05, 0) is 48.5 Å². The summed E-state index contributed by atoms with van der Waals surface area (Å²) in [6, 6.07) is 3.18. The first-order valence-electron chi connectivity index (χ1n) is 6.71. The second-order valence-electron chi connectivity index (χ2n) is 6.97. The molecule has 0 aliphatic rings. The predicted octanol–water partition coefficient (Wildman–Crippen LogP) is 2.41. The van der Waals surface area contributed by atoms with Gasteiger partial charge in [-0.1, -0.05) is 0 Å². The Hall–Kier alpha value is -1.63. The Morgan fingerprint density at radius 2 is 1.52 bits per heavy atom. The Balaban J connectivity index is 5.92. The number of esters is 1. The zero-order valence-electron chi connectivity index (χ0n) is 14.1. The number of hydroxylamine groups is 2. The van der Waals surface area contributed by atoms with E-state index in [0.717, 1.165) is 0 Å². The Morgan fingerprint density at radius 3 is 1.81 bits per heavy atom. The maximum atomic E-state index is 12.2. The minimum absolute atomic E-state index is 0.579. The van der Waals surface area contributed by atoms with Gasteiger partial charge < -0.3 is 4.74 Å². The van der Waals surface area contributed by atoms with Crippen molar-refractivity contribution in [3.05, 3.63) is 0 Å². The van der Waals surface area contributed by atoms with Crippen LogP contribution in [0.1, 0.15) is 48.5 Å². The Bertz CT molecular complexity index is 464. The van der Waals surface area contributed by atoms with Gasteiger partial charge in [-0.25, -0.2) is 0 Å². The number of nitriles is 2. The summed E-state index contributed by atoms with van der Waals surface area (Å²) in [5.74, 6) is -0.579. The summed E-state index contributed by atoms with van der Waals surface area (Å²) in [5, 5.41) is 19.9. The van der Waals surface area contributed by atoms with Crippen molar-refractivity contribution in [3.63, 3.8) is 0 Å². The van der Waals surface area contributed by atoms with E-state index in [9.17, 15) is 10.1 Å². The summed E-state index contributed by atoms with van der Waals surface area (Å²) in [6.07, 6.45) is 0. The van der Waals surface area contributed by atoms with Gasteiger partial charge in [0.05, 0.1) is 24.7 Å². The van der Waals surface area contributed by atoms with Gasteiger partial charge >= 0.3 is 5.97 Å². The molecular weight excluding hydrogens is 270 g/mol. The summed E-state index contributed by atoms with van der Waals surface area (Å²) in [6.45, 7) is 12.0. The smallest absolute Gasteiger partial charge is 0.327 e. The fourth-order valence-corrected chi connectivity index (χ4v) is 1.70. The molecule has 0 spiro atoms. The van der Waals surface area contributed by atoms with Crippen molar-refractivity contribution >= 4 is 5.97 Å². The molecule has 6 heteroatoms. The molecule has 1 atom stereocenters. The van der Waals surface area contributed by atoms with Crippen molar-refractivity contribution < 1.29 is 14.4 Å². The van der Waals surface area contributed by atoms with E-state index in [2.05, 4.69) is 6.07 Å². The van der Waals surface area contributed by atoms with Crippen molar-refractivity contribution in [2.75, 3.05) is 7.11 Å². The van der Waals surface area contributed by atoms with Crippen LogP contribution in [0.2, 0.25) is 0 Å². The second kappa shape index (κ2) is 6.43. The summed E-state index contributed by atoms with van der Waals surface area (Å²) in [7, 11) is 1.26. The lowest BCUT2D eigenvalue weighted by molar-refractivity contribution is -0.287. The van der Waals surface area contributed by atoms with Crippen LogP contribution in [-0.2, 0) is 14.4 Å². The molecule has 0 aromatic rings. The molecule has 1 unspecified atom stereocenters. The summed E-state index contributed by atoms with van der Waals surface area (Å²) >= 11 is 0. The van der Waals surface area contributed by atoms with Crippen molar-refractivity contribution in [3.8, 4) is 12.1 Å². The molecule has 0 saturated carbocycles. The van der Waals surface area contributed by atoms with E-state index in [0.29, 0.717) is 0 Å². The van der Waals surface area contributed by atoms with Gasteiger partial charge in [-0.15, -0.1) is 0 Å². The Labute approximate surface area is 127 Å². The van der Waals surface area contributed by atoms with Crippen LogP contribution >= 0.6 is 0 Å². The van der Waals surface area contributed by atoms with E-state index in [4.69, 9.17) is 14.8 Å². The number of methoxy groups -OCH3 is 1. The molecule has 0 amide bonds. The van der Waals surface area contributed by atoms with E-state index >= 15 is 0 Å². The average molecular weight is 295 g/mol. The summed E-state index contributed by atoms with van der Waals surface area (Å²) in [5.41, 5.74) is -2.79. The zero-order chi connectivity index (χ0) is 17.1. The molecule has 0 heterocycles. The van der Waals surface area contributed by atoms with Gasteiger partial charge in [0.2, 0.25) is 0 Å². The van der Waals surface area contributed by atoms with Gasteiger partial charge in [0.15, 0.2) is 11.6 Å². The quantitative estimate of drug-likeness (QED) is 0.572. The highest BCUT2D eigenvalue weighted by molar-refractivity contribution is 5.77. The van der Waals surface area contributed by atoms with Crippen molar-refractivity contribution in [2.45, 2.75) is 65.6 Å². The van der Waals surface area contributed by atoms with E-state index in [1.807, 2.05) is 26.8 Å². The lowest BCUT2D eigenvalue weighted by Gasteiger charge is -2.44. The Morgan fingerprint density at radius 1 is 1.05 bits per heavy atom. The van der Waals surface area contributed by atoms with Crippen LogP contribution in [0.3, 0.4) is 0 Å². The molecule has 0 aliphatic heterocycles.